The van der Waals surface area contributed by atoms with Crippen LogP contribution in [0.4, 0.5) is 0 Å². The van der Waals surface area contributed by atoms with Crippen LogP contribution in [0.3, 0.4) is 0 Å². The number of aromatic nitrogens is 2. The molecule has 1 atom stereocenters. The number of aliphatic hydroxyl groups is 1. The molecule has 23 heavy (non-hydrogen) atoms. The Balaban J connectivity index is 1.84. The van der Waals surface area contributed by atoms with E-state index in [1.165, 1.54) is 10.7 Å². The second-order valence-corrected chi connectivity index (χ2v) is 6.48. The molecule has 1 unspecified atom stereocenters. The van der Waals surface area contributed by atoms with Crippen LogP contribution in [0, 0.1) is 12.8 Å². The molecule has 2 aromatic rings. The van der Waals surface area contributed by atoms with Gasteiger partial charge in [-0.3, -0.25) is 14.7 Å². The van der Waals surface area contributed by atoms with Gasteiger partial charge in [-0.05, 0) is 44.7 Å². The first-order valence-electron chi connectivity index (χ1n) is 7.75. The summed E-state index contributed by atoms with van der Waals surface area (Å²) < 4.78 is 1.34. The quantitative estimate of drug-likeness (QED) is 0.778. The van der Waals surface area contributed by atoms with Crippen LogP contribution >= 0.6 is 0 Å². The van der Waals surface area contributed by atoms with Gasteiger partial charge >= 0.3 is 0 Å². The molecule has 0 aliphatic heterocycles. The zero-order chi connectivity index (χ0) is 16.6. The third-order valence-electron chi connectivity index (χ3n) is 4.46. The van der Waals surface area contributed by atoms with E-state index in [4.69, 9.17) is 0 Å². The summed E-state index contributed by atoms with van der Waals surface area (Å²) in [7, 11) is 0. The highest BCUT2D eigenvalue weighted by molar-refractivity contribution is 5.92. The van der Waals surface area contributed by atoms with Crippen LogP contribution in [-0.2, 0) is 0 Å². The van der Waals surface area contributed by atoms with E-state index >= 15 is 0 Å². The van der Waals surface area contributed by atoms with Crippen molar-refractivity contribution in [2.75, 3.05) is 6.61 Å². The van der Waals surface area contributed by atoms with Gasteiger partial charge in [0.25, 0.3) is 11.5 Å². The van der Waals surface area contributed by atoms with E-state index in [2.05, 4.69) is 10.4 Å². The minimum Gasteiger partial charge on any atom is -0.394 e. The van der Waals surface area contributed by atoms with Crippen molar-refractivity contribution in [2.24, 2.45) is 5.92 Å². The summed E-state index contributed by atoms with van der Waals surface area (Å²) in [5, 5.41) is 15.2. The van der Waals surface area contributed by atoms with Gasteiger partial charge in [0, 0.05) is 6.07 Å². The van der Waals surface area contributed by atoms with Crippen molar-refractivity contribution in [3.63, 3.8) is 0 Å². The van der Waals surface area contributed by atoms with E-state index < -0.39 is 5.54 Å². The Labute approximate surface area is 134 Å². The van der Waals surface area contributed by atoms with Crippen LogP contribution in [-0.4, -0.2) is 32.9 Å². The number of hydrogen-bond acceptors (Lipinski definition) is 3. The first-order valence-corrected chi connectivity index (χ1v) is 7.75. The van der Waals surface area contributed by atoms with Gasteiger partial charge in [0.05, 0.1) is 17.8 Å². The number of benzene rings is 1. The van der Waals surface area contributed by atoms with Crippen molar-refractivity contribution in [3.05, 3.63) is 51.9 Å². The number of carbonyl (C=O) groups excluding carboxylic acids is 1. The number of carbonyl (C=O) groups is 1. The van der Waals surface area contributed by atoms with Gasteiger partial charge in [-0.2, -0.15) is 0 Å². The highest BCUT2D eigenvalue weighted by Gasteiger charge is 2.42. The maximum Gasteiger partial charge on any atom is 0.271 e. The summed E-state index contributed by atoms with van der Waals surface area (Å²) in [6, 6.07) is 8.71. The highest BCUT2D eigenvalue weighted by atomic mass is 16.3. The molecular formula is C17H21N3O3. The summed E-state index contributed by atoms with van der Waals surface area (Å²) in [5.41, 5.74) is 1.02. The van der Waals surface area contributed by atoms with E-state index in [-0.39, 0.29) is 23.8 Å². The summed E-state index contributed by atoms with van der Waals surface area (Å²) in [4.78, 5) is 24.5. The third kappa shape index (κ3) is 3.07. The van der Waals surface area contributed by atoms with Gasteiger partial charge in [0.15, 0.2) is 0 Å². The van der Waals surface area contributed by atoms with Gasteiger partial charge in [-0.25, -0.2) is 4.68 Å². The molecule has 3 rings (SSSR count). The summed E-state index contributed by atoms with van der Waals surface area (Å²) in [6.45, 7) is 3.68. The van der Waals surface area contributed by atoms with Gasteiger partial charge in [0.2, 0.25) is 0 Å². The minimum absolute atomic E-state index is 0.119. The van der Waals surface area contributed by atoms with Gasteiger partial charge in [0.1, 0.15) is 5.69 Å². The first kappa shape index (κ1) is 15.6. The van der Waals surface area contributed by atoms with Crippen LogP contribution < -0.4 is 10.9 Å². The van der Waals surface area contributed by atoms with Crippen molar-refractivity contribution >= 4 is 5.91 Å². The summed E-state index contributed by atoms with van der Waals surface area (Å²) in [6.07, 6.45) is 2.00. The Morgan fingerprint density at radius 3 is 2.61 bits per heavy atom. The third-order valence-corrected chi connectivity index (χ3v) is 4.46. The molecule has 1 heterocycles. The fourth-order valence-corrected chi connectivity index (χ4v) is 2.72. The predicted molar refractivity (Wildman–Crippen MR) is 86.8 cm³/mol. The molecule has 1 aliphatic carbocycles. The lowest BCUT2D eigenvalue weighted by Gasteiger charge is -2.28. The molecule has 6 nitrogen and oxygen atoms in total. The molecule has 0 bridgehead atoms. The van der Waals surface area contributed by atoms with Gasteiger partial charge < -0.3 is 10.4 Å². The molecule has 6 heteroatoms. The van der Waals surface area contributed by atoms with Crippen molar-refractivity contribution in [1.29, 1.82) is 0 Å². The maximum atomic E-state index is 12.4. The molecule has 1 aromatic carbocycles. The van der Waals surface area contributed by atoms with Crippen molar-refractivity contribution in [1.82, 2.24) is 15.1 Å². The van der Waals surface area contributed by atoms with Crippen LogP contribution in [0.2, 0.25) is 0 Å². The predicted octanol–water partition coefficient (Wildman–Crippen LogP) is 1.36. The number of aromatic amines is 1. The second-order valence-electron chi connectivity index (χ2n) is 6.48. The zero-order valence-corrected chi connectivity index (χ0v) is 13.3. The minimum atomic E-state index is -0.639. The molecule has 0 radical (unpaired) electrons. The van der Waals surface area contributed by atoms with Crippen LogP contribution in [0.15, 0.2) is 35.1 Å². The van der Waals surface area contributed by atoms with Crippen molar-refractivity contribution < 1.29 is 9.90 Å². The van der Waals surface area contributed by atoms with E-state index in [9.17, 15) is 14.7 Å². The standard InChI is InChI=1S/C17H21N3O3/c1-11-3-7-13(8-4-11)20-15(22)9-14(19-20)16(23)18-17(2,10-21)12-5-6-12/h3-4,7-9,12,19,21H,5-6,10H2,1-2H3,(H,18,23). The maximum absolute atomic E-state index is 12.4. The van der Waals surface area contributed by atoms with Crippen molar-refractivity contribution in [2.45, 2.75) is 32.2 Å². The first-order chi connectivity index (χ1) is 10.9. The summed E-state index contributed by atoms with van der Waals surface area (Å²) >= 11 is 0. The smallest absolute Gasteiger partial charge is 0.271 e. The number of aryl methyl sites for hydroxylation is 1. The Morgan fingerprint density at radius 1 is 1.39 bits per heavy atom. The number of nitrogens with one attached hydrogen (secondary N) is 2. The molecule has 1 saturated carbocycles. The molecule has 122 valence electrons. The highest BCUT2D eigenvalue weighted by Crippen LogP contribution is 2.39. The van der Waals surface area contributed by atoms with E-state index in [1.807, 2.05) is 38.1 Å². The molecule has 1 aliphatic rings. The van der Waals surface area contributed by atoms with Crippen LogP contribution in [0.1, 0.15) is 35.8 Å². The number of H-pyrrole nitrogens is 1. The average Bonchev–Trinajstić information content (AvgIpc) is 3.32. The lowest BCUT2D eigenvalue weighted by molar-refractivity contribution is 0.0819. The molecule has 1 fully saturated rings. The molecule has 0 saturated heterocycles. The fraction of sp³-hybridized carbons (Fsp3) is 0.412. The fourth-order valence-electron chi connectivity index (χ4n) is 2.72. The lowest BCUT2D eigenvalue weighted by Crippen LogP contribution is -2.50. The summed E-state index contributed by atoms with van der Waals surface area (Å²) in [5.74, 6) is -0.0845. The SMILES string of the molecule is Cc1ccc(-n2[nH]c(C(=O)NC(C)(CO)C3CC3)cc2=O)cc1. The van der Waals surface area contributed by atoms with E-state index in [0.717, 1.165) is 18.4 Å². The van der Waals surface area contributed by atoms with Crippen LogP contribution in [0.5, 0.6) is 0 Å². The number of amides is 1. The number of hydrogen-bond donors (Lipinski definition) is 3. The Hall–Kier alpha value is -2.34. The second kappa shape index (κ2) is 5.70. The van der Waals surface area contributed by atoms with Crippen molar-refractivity contribution in [3.8, 4) is 5.69 Å². The van der Waals surface area contributed by atoms with Crippen LogP contribution in [0.25, 0.3) is 5.69 Å². The van der Waals surface area contributed by atoms with Gasteiger partial charge in [-0.1, -0.05) is 17.7 Å². The Bertz CT molecular complexity index is 771. The topological polar surface area (TPSA) is 87.1 Å². The molecular weight excluding hydrogens is 294 g/mol. The number of nitrogens with zero attached hydrogens (tertiary/aromatic N) is 1. The lowest BCUT2D eigenvalue weighted by atomic mass is 9.97. The zero-order valence-electron chi connectivity index (χ0n) is 13.3. The average molecular weight is 315 g/mol. The Kier molecular flexibility index (Phi) is 3.85. The van der Waals surface area contributed by atoms with E-state index in [0.29, 0.717) is 11.6 Å². The largest absolute Gasteiger partial charge is 0.394 e. The number of rotatable bonds is 5. The number of aliphatic hydroxyl groups excluding tert-OH is 1. The molecule has 0 spiro atoms. The molecule has 1 amide bonds. The van der Waals surface area contributed by atoms with E-state index in [1.54, 1.807) is 0 Å². The monoisotopic (exact) mass is 315 g/mol. The normalized spacial score (nSPS) is 16.8. The molecule has 3 N–H and O–H groups in total. The van der Waals surface area contributed by atoms with Gasteiger partial charge in [-0.15, -0.1) is 0 Å². The molecule has 1 aromatic heterocycles. The Morgan fingerprint density at radius 2 is 2.04 bits per heavy atom.